The summed E-state index contributed by atoms with van der Waals surface area (Å²) < 4.78 is 1.58. The molecule has 88 valence electrons. The first-order chi connectivity index (χ1) is 8.18. The zero-order valence-corrected chi connectivity index (χ0v) is 9.24. The third kappa shape index (κ3) is 2.41. The quantitative estimate of drug-likeness (QED) is 0.826. The van der Waals surface area contributed by atoms with Crippen molar-refractivity contribution in [2.45, 2.75) is 13.0 Å². The lowest BCUT2D eigenvalue weighted by Crippen LogP contribution is -2.26. The molecule has 2 aromatic rings. The van der Waals surface area contributed by atoms with E-state index in [2.05, 4.69) is 15.4 Å². The smallest absolute Gasteiger partial charge is 0.325 e. The van der Waals surface area contributed by atoms with Gasteiger partial charge in [-0.1, -0.05) is 0 Å². The van der Waals surface area contributed by atoms with Crippen LogP contribution < -0.4 is 5.32 Å². The van der Waals surface area contributed by atoms with Gasteiger partial charge in [0, 0.05) is 18.6 Å². The lowest BCUT2D eigenvalue weighted by Gasteiger charge is -2.13. The molecule has 2 rings (SSSR count). The summed E-state index contributed by atoms with van der Waals surface area (Å²) in [5, 5.41) is 15.8. The van der Waals surface area contributed by atoms with Gasteiger partial charge in [0.15, 0.2) is 5.82 Å². The molecule has 1 unspecified atom stereocenters. The van der Waals surface area contributed by atoms with Crippen molar-refractivity contribution in [3.8, 4) is 5.82 Å². The highest BCUT2D eigenvalue weighted by Crippen LogP contribution is 2.16. The van der Waals surface area contributed by atoms with Crippen molar-refractivity contribution in [3.05, 3.63) is 36.8 Å². The minimum atomic E-state index is -0.916. The highest BCUT2D eigenvalue weighted by molar-refractivity contribution is 5.77. The standard InChI is InChI=1S/C11H12N4O2/c1-8(11(16)17)14-9-4-2-5-12-10(9)15-7-3-6-13-15/h2-8,14H,1H3,(H,16,17). The van der Waals surface area contributed by atoms with Crippen molar-refractivity contribution >= 4 is 11.7 Å². The van der Waals surface area contributed by atoms with Crippen LogP contribution in [0.1, 0.15) is 6.92 Å². The maximum atomic E-state index is 10.8. The van der Waals surface area contributed by atoms with E-state index in [0.717, 1.165) is 0 Å². The van der Waals surface area contributed by atoms with Crippen LogP contribution in [0.25, 0.3) is 5.82 Å². The van der Waals surface area contributed by atoms with Crippen LogP contribution in [0.4, 0.5) is 5.69 Å². The van der Waals surface area contributed by atoms with E-state index in [4.69, 9.17) is 5.11 Å². The molecule has 0 aromatic carbocycles. The first-order valence-corrected chi connectivity index (χ1v) is 5.13. The molecule has 0 aliphatic carbocycles. The van der Waals surface area contributed by atoms with E-state index in [1.807, 2.05) is 0 Å². The summed E-state index contributed by atoms with van der Waals surface area (Å²) in [6.07, 6.45) is 5.02. The molecule has 6 heteroatoms. The molecule has 1 atom stereocenters. The van der Waals surface area contributed by atoms with Crippen molar-refractivity contribution in [3.63, 3.8) is 0 Å². The van der Waals surface area contributed by atoms with Crippen LogP contribution in [0.2, 0.25) is 0 Å². The Labute approximate surface area is 97.9 Å². The minimum absolute atomic E-state index is 0.575. The van der Waals surface area contributed by atoms with Gasteiger partial charge in [0.2, 0.25) is 0 Å². The number of hydrogen-bond acceptors (Lipinski definition) is 4. The monoisotopic (exact) mass is 232 g/mol. The number of carbonyl (C=O) groups is 1. The number of nitrogens with one attached hydrogen (secondary N) is 1. The van der Waals surface area contributed by atoms with Gasteiger partial charge in [-0.25, -0.2) is 9.67 Å². The number of nitrogens with zero attached hydrogens (tertiary/aromatic N) is 3. The van der Waals surface area contributed by atoms with Crippen LogP contribution in [-0.4, -0.2) is 31.9 Å². The Morgan fingerprint density at radius 1 is 1.47 bits per heavy atom. The molecule has 17 heavy (non-hydrogen) atoms. The van der Waals surface area contributed by atoms with Gasteiger partial charge in [-0.2, -0.15) is 5.10 Å². The molecule has 0 bridgehead atoms. The fraction of sp³-hybridized carbons (Fsp3) is 0.182. The van der Waals surface area contributed by atoms with E-state index in [1.54, 1.807) is 48.4 Å². The maximum Gasteiger partial charge on any atom is 0.325 e. The molecule has 0 aliphatic heterocycles. The number of anilines is 1. The number of pyridine rings is 1. The molecular formula is C11H12N4O2. The molecule has 0 fully saturated rings. The summed E-state index contributed by atoms with van der Waals surface area (Å²) in [7, 11) is 0. The average molecular weight is 232 g/mol. The second-order valence-corrected chi connectivity index (χ2v) is 3.53. The number of carboxylic acids is 1. The number of rotatable bonds is 4. The minimum Gasteiger partial charge on any atom is -0.480 e. The van der Waals surface area contributed by atoms with Crippen molar-refractivity contribution in [1.29, 1.82) is 0 Å². The van der Waals surface area contributed by atoms with Crippen molar-refractivity contribution in [2.24, 2.45) is 0 Å². The normalized spacial score (nSPS) is 12.1. The molecule has 0 saturated heterocycles. The van der Waals surface area contributed by atoms with Gasteiger partial charge in [-0.3, -0.25) is 4.79 Å². The third-order valence-electron chi connectivity index (χ3n) is 2.25. The van der Waals surface area contributed by atoms with Crippen molar-refractivity contribution in [2.75, 3.05) is 5.32 Å². The van der Waals surface area contributed by atoms with Crippen molar-refractivity contribution in [1.82, 2.24) is 14.8 Å². The summed E-state index contributed by atoms with van der Waals surface area (Å²) in [5.74, 6) is -0.342. The highest BCUT2D eigenvalue weighted by atomic mass is 16.4. The van der Waals surface area contributed by atoms with E-state index in [-0.39, 0.29) is 0 Å². The molecule has 0 radical (unpaired) electrons. The van der Waals surface area contributed by atoms with E-state index in [9.17, 15) is 4.79 Å². The Morgan fingerprint density at radius 3 is 2.94 bits per heavy atom. The van der Waals surface area contributed by atoms with Gasteiger partial charge in [0.1, 0.15) is 6.04 Å². The van der Waals surface area contributed by atoms with Gasteiger partial charge in [-0.15, -0.1) is 0 Å². The molecule has 2 N–H and O–H groups in total. The van der Waals surface area contributed by atoms with Gasteiger partial charge in [0.25, 0.3) is 0 Å². The summed E-state index contributed by atoms with van der Waals surface area (Å²) in [4.78, 5) is 15.0. The lowest BCUT2D eigenvalue weighted by atomic mass is 10.3. The lowest BCUT2D eigenvalue weighted by molar-refractivity contribution is -0.137. The zero-order chi connectivity index (χ0) is 12.3. The number of carboxylic acid groups (broad SMARTS) is 1. The van der Waals surface area contributed by atoms with E-state index >= 15 is 0 Å². The average Bonchev–Trinajstić information content (AvgIpc) is 2.83. The van der Waals surface area contributed by atoms with E-state index in [0.29, 0.717) is 11.5 Å². The molecule has 2 aromatic heterocycles. The number of aromatic nitrogens is 3. The maximum absolute atomic E-state index is 10.8. The van der Waals surface area contributed by atoms with E-state index in [1.165, 1.54) is 0 Å². The molecule has 6 nitrogen and oxygen atoms in total. The van der Waals surface area contributed by atoms with Gasteiger partial charge >= 0.3 is 5.97 Å². The summed E-state index contributed by atoms with van der Waals surface area (Å²) >= 11 is 0. The fourth-order valence-corrected chi connectivity index (χ4v) is 1.38. The second kappa shape index (κ2) is 4.65. The zero-order valence-electron chi connectivity index (χ0n) is 9.24. The van der Waals surface area contributed by atoms with Crippen molar-refractivity contribution < 1.29 is 9.90 Å². The van der Waals surface area contributed by atoms with Crippen LogP contribution in [0.3, 0.4) is 0 Å². The Hall–Kier alpha value is -2.37. The highest BCUT2D eigenvalue weighted by Gasteiger charge is 2.13. The molecule has 0 amide bonds. The Bertz CT molecular complexity index is 510. The number of aliphatic carboxylic acids is 1. The van der Waals surface area contributed by atoms with Gasteiger partial charge in [0.05, 0.1) is 5.69 Å². The Kier molecular flexibility index (Phi) is 3.04. The Balaban J connectivity index is 2.32. The fourth-order valence-electron chi connectivity index (χ4n) is 1.38. The van der Waals surface area contributed by atoms with Gasteiger partial charge < -0.3 is 10.4 Å². The second-order valence-electron chi connectivity index (χ2n) is 3.53. The van der Waals surface area contributed by atoms with Crippen LogP contribution in [0.5, 0.6) is 0 Å². The molecule has 0 saturated carbocycles. The molecule has 0 spiro atoms. The predicted octanol–water partition coefficient (Wildman–Crippen LogP) is 1.15. The first-order valence-electron chi connectivity index (χ1n) is 5.13. The summed E-state index contributed by atoms with van der Waals surface area (Å²) in [6.45, 7) is 1.57. The molecule has 0 aliphatic rings. The molecule has 2 heterocycles. The molecular weight excluding hydrogens is 220 g/mol. The van der Waals surface area contributed by atoms with Crippen LogP contribution >= 0.6 is 0 Å². The number of hydrogen-bond donors (Lipinski definition) is 2. The van der Waals surface area contributed by atoms with Crippen LogP contribution in [0.15, 0.2) is 36.8 Å². The Morgan fingerprint density at radius 2 is 2.29 bits per heavy atom. The van der Waals surface area contributed by atoms with Gasteiger partial charge in [-0.05, 0) is 25.1 Å². The van der Waals surface area contributed by atoms with Crippen LogP contribution in [-0.2, 0) is 4.79 Å². The third-order valence-corrected chi connectivity index (χ3v) is 2.25. The summed E-state index contributed by atoms with van der Waals surface area (Å²) in [6, 6.07) is 4.60. The summed E-state index contributed by atoms with van der Waals surface area (Å²) in [5.41, 5.74) is 0.631. The predicted molar refractivity (Wildman–Crippen MR) is 62.1 cm³/mol. The largest absolute Gasteiger partial charge is 0.480 e. The SMILES string of the molecule is CC(Nc1cccnc1-n1cccn1)C(=O)O. The van der Waals surface area contributed by atoms with Crippen LogP contribution in [0, 0.1) is 0 Å². The topological polar surface area (TPSA) is 80.0 Å². The first kappa shape index (κ1) is 11.1. The van der Waals surface area contributed by atoms with E-state index < -0.39 is 12.0 Å².